The monoisotopic (exact) mass is 565 g/mol. The number of benzene rings is 2. The summed E-state index contributed by atoms with van der Waals surface area (Å²) in [5.74, 6) is -2.69. The molecule has 0 radical (unpaired) electrons. The lowest BCUT2D eigenvalue weighted by Crippen LogP contribution is -2.47. The number of ketones is 1. The summed E-state index contributed by atoms with van der Waals surface area (Å²) >= 11 is 0. The Hall–Kier alpha value is -3.85. The zero-order valence-electron chi connectivity index (χ0n) is 23.7. The molecule has 2 aromatic carbocycles. The van der Waals surface area contributed by atoms with Gasteiger partial charge in [-0.1, -0.05) is 31.4 Å². The first-order valence-corrected chi connectivity index (χ1v) is 14.0. The molecular weight excluding hydrogens is 528 g/mol. The third-order valence-corrected chi connectivity index (χ3v) is 7.30. The quantitative estimate of drug-likeness (QED) is 0.268. The molecular formula is C32H37F2N3O4. The third kappa shape index (κ3) is 7.47. The molecule has 0 saturated heterocycles. The molecule has 7 nitrogen and oxygen atoms in total. The Balaban J connectivity index is 1.48. The number of hydrogen-bond donors (Lipinski definition) is 2. The highest BCUT2D eigenvalue weighted by Gasteiger charge is 2.32. The van der Waals surface area contributed by atoms with Gasteiger partial charge in [0.15, 0.2) is 5.78 Å². The summed E-state index contributed by atoms with van der Waals surface area (Å²) in [5.41, 5.74) is 6.20. The molecule has 1 heterocycles. The molecule has 1 atom stereocenters. The standard InChI is InChI=1S/C32H37F2N3O4/c1-32(2,3)41-31(40)28(21-7-5-4-6-8-21)36-18-17-20-9-12-23(13-10-20)37-27(38)16-15-25(30(37)35)29(39)24-14-11-22(33)19-26(24)34/h9-16,19,21,28,36H,4-8,17-18,35H2,1-3H3/t28-/m0/s1. The highest BCUT2D eigenvalue weighted by atomic mass is 19.1. The Bertz CT molecular complexity index is 1460. The molecule has 0 amide bonds. The maximum atomic E-state index is 14.2. The van der Waals surface area contributed by atoms with E-state index in [1.54, 1.807) is 12.1 Å². The summed E-state index contributed by atoms with van der Waals surface area (Å²) in [4.78, 5) is 38.6. The van der Waals surface area contributed by atoms with E-state index in [1.165, 1.54) is 23.1 Å². The smallest absolute Gasteiger partial charge is 0.323 e. The van der Waals surface area contributed by atoms with Crippen LogP contribution in [-0.2, 0) is 16.0 Å². The van der Waals surface area contributed by atoms with Gasteiger partial charge in [-0.25, -0.2) is 8.78 Å². The predicted molar refractivity (Wildman–Crippen MR) is 154 cm³/mol. The number of ether oxygens (including phenoxy) is 1. The van der Waals surface area contributed by atoms with Crippen LogP contribution in [0.4, 0.5) is 14.6 Å². The predicted octanol–water partition coefficient (Wildman–Crippen LogP) is 5.35. The first-order valence-electron chi connectivity index (χ1n) is 14.0. The Labute approximate surface area is 238 Å². The average Bonchev–Trinajstić information content (AvgIpc) is 2.91. The minimum atomic E-state index is -1.01. The van der Waals surface area contributed by atoms with Crippen molar-refractivity contribution in [2.45, 2.75) is 70.9 Å². The number of nitrogens with zero attached hydrogens (tertiary/aromatic N) is 1. The average molecular weight is 566 g/mol. The fourth-order valence-corrected chi connectivity index (χ4v) is 5.29. The number of carbonyl (C=O) groups is 2. The van der Waals surface area contributed by atoms with Crippen molar-refractivity contribution in [2.75, 3.05) is 12.3 Å². The van der Waals surface area contributed by atoms with Crippen LogP contribution in [0.1, 0.15) is 74.4 Å². The van der Waals surface area contributed by atoms with E-state index >= 15 is 0 Å². The van der Waals surface area contributed by atoms with E-state index in [0.717, 1.165) is 43.4 Å². The highest BCUT2D eigenvalue weighted by Crippen LogP contribution is 2.28. The van der Waals surface area contributed by atoms with Gasteiger partial charge in [-0.2, -0.15) is 0 Å². The molecule has 9 heteroatoms. The first kappa shape index (κ1) is 30.1. The van der Waals surface area contributed by atoms with Gasteiger partial charge in [0.05, 0.1) is 16.8 Å². The summed E-state index contributed by atoms with van der Waals surface area (Å²) in [7, 11) is 0. The number of aromatic nitrogens is 1. The molecule has 1 aliphatic rings. The molecule has 0 aliphatic heterocycles. The molecule has 0 spiro atoms. The third-order valence-electron chi connectivity index (χ3n) is 7.30. The van der Waals surface area contributed by atoms with Crippen LogP contribution < -0.4 is 16.6 Å². The molecule has 0 bridgehead atoms. The fraction of sp³-hybridized carbons (Fsp3) is 0.406. The van der Waals surface area contributed by atoms with E-state index in [0.29, 0.717) is 24.7 Å². The number of esters is 1. The topological polar surface area (TPSA) is 103 Å². The van der Waals surface area contributed by atoms with Gasteiger partial charge in [-0.05, 0) is 88.4 Å². The van der Waals surface area contributed by atoms with Gasteiger partial charge in [0.2, 0.25) is 0 Å². The van der Waals surface area contributed by atoms with Crippen molar-refractivity contribution in [1.29, 1.82) is 0 Å². The molecule has 1 saturated carbocycles. The van der Waals surface area contributed by atoms with Crippen molar-refractivity contribution in [3.63, 3.8) is 0 Å². The van der Waals surface area contributed by atoms with Crippen LogP contribution in [0.15, 0.2) is 59.4 Å². The number of nitrogen functional groups attached to an aromatic ring is 1. The van der Waals surface area contributed by atoms with E-state index in [4.69, 9.17) is 10.5 Å². The van der Waals surface area contributed by atoms with E-state index in [1.807, 2.05) is 32.9 Å². The molecule has 218 valence electrons. The summed E-state index contributed by atoms with van der Waals surface area (Å²) in [6.07, 6.45) is 6.05. The number of nitrogens with two attached hydrogens (primary N) is 1. The maximum absolute atomic E-state index is 14.2. The Morgan fingerprint density at radius 1 is 1.00 bits per heavy atom. The van der Waals surface area contributed by atoms with E-state index < -0.39 is 28.6 Å². The van der Waals surface area contributed by atoms with Crippen molar-refractivity contribution >= 4 is 17.6 Å². The highest BCUT2D eigenvalue weighted by molar-refractivity contribution is 6.11. The van der Waals surface area contributed by atoms with Gasteiger partial charge < -0.3 is 15.8 Å². The largest absolute Gasteiger partial charge is 0.459 e. The van der Waals surface area contributed by atoms with Crippen molar-refractivity contribution in [3.8, 4) is 5.69 Å². The first-order chi connectivity index (χ1) is 19.4. The number of hydrogen-bond acceptors (Lipinski definition) is 6. The van der Waals surface area contributed by atoms with Crippen LogP contribution in [0.25, 0.3) is 5.69 Å². The number of rotatable bonds is 9. The molecule has 0 unspecified atom stereocenters. The number of nitrogens with one attached hydrogen (secondary N) is 1. The molecule has 1 aliphatic carbocycles. The SMILES string of the molecule is CC(C)(C)OC(=O)[C@@H](NCCc1ccc(-n2c(N)c(C(=O)c3ccc(F)cc3F)ccc2=O)cc1)C1CCCCC1. The van der Waals surface area contributed by atoms with Gasteiger partial charge in [-0.3, -0.25) is 19.0 Å². The van der Waals surface area contributed by atoms with Gasteiger partial charge in [0.25, 0.3) is 5.56 Å². The van der Waals surface area contributed by atoms with E-state index in [-0.39, 0.29) is 34.9 Å². The Morgan fingerprint density at radius 3 is 2.29 bits per heavy atom. The number of pyridine rings is 1. The van der Waals surface area contributed by atoms with Gasteiger partial charge in [0.1, 0.15) is 29.1 Å². The molecule has 4 rings (SSSR count). The molecule has 3 aromatic rings. The second kappa shape index (κ2) is 12.8. The lowest BCUT2D eigenvalue weighted by Gasteiger charge is -2.32. The Morgan fingerprint density at radius 2 is 1.66 bits per heavy atom. The van der Waals surface area contributed by atoms with E-state index in [2.05, 4.69) is 5.32 Å². The summed E-state index contributed by atoms with van der Waals surface area (Å²) in [6, 6.07) is 11.8. The second-order valence-corrected chi connectivity index (χ2v) is 11.5. The van der Waals surface area contributed by atoms with Gasteiger partial charge >= 0.3 is 5.97 Å². The number of carbonyl (C=O) groups excluding carboxylic acids is 2. The Kier molecular flexibility index (Phi) is 9.38. The fourth-order valence-electron chi connectivity index (χ4n) is 5.29. The second-order valence-electron chi connectivity index (χ2n) is 11.5. The maximum Gasteiger partial charge on any atom is 0.323 e. The lowest BCUT2D eigenvalue weighted by atomic mass is 9.83. The van der Waals surface area contributed by atoms with Gasteiger partial charge in [-0.15, -0.1) is 0 Å². The normalized spacial score (nSPS) is 15.0. The van der Waals surface area contributed by atoms with Crippen LogP contribution in [0, 0.1) is 17.6 Å². The van der Waals surface area contributed by atoms with Crippen molar-refractivity contribution < 1.29 is 23.1 Å². The molecule has 1 aromatic heterocycles. The zero-order chi connectivity index (χ0) is 29.7. The summed E-state index contributed by atoms with van der Waals surface area (Å²) in [5, 5.41) is 3.43. The van der Waals surface area contributed by atoms with Crippen LogP contribution >= 0.6 is 0 Å². The van der Waals surface area contributed by atoms with Crippen molar-refractivity contribution in [3.05, 3.63) is 93.3 Å². The van der Waals surface area contributed by atoms with Crippen LogP contribution in [0.3, 0.4) is 0 Å². The summed E-state index contributed by atoms with van der Waals surface area (Å²) in [6.45, 7) is 6.18. The number of anilines is 1. The van der Waals surface area contributed by atoms with Crippen LogP contribution in [0.2, 0.25) is 0 Å². The molecule has 1 fully saturated rings. The van der Waals surface area contributed by atoms with Gasteiger partial charge in [0, 0.05) is 12.1 Å². The molecule has 41 heavy (non-hydrogen) atoms. The van der Waals surface area contributed by atoms with E-state index in [9.17, 15) is 23.2 Å². The minimum absolute atomic E-state index is 0.0701. The van der Waals surface area contributed by atoms with Crippen molar-refractivity contribution in [1.82, 2.24) is 9.88 Å². The van der Waals surface area contributed by atoms with Crippen molar-refractivity contribution in [2.24, 2.45) is 5.92 Å². The van der Waals surface area contributed by atoms with Crippen LogP contribution in [-0.4, -0.2) is 34.5 Å². The van der Waals surface area contributed by atoms with Crippen LogP contribution in [0.5, 0.6) is 0 Å². The lowest BCUT2D eigenvalue weighted by molar-refractivity contribution is -0.159. The zero-order valence-corrected chi connectivity index (χ0v) is 23.7. The minimum Gasteiger partial charge on any atom is -0.459 e. The summed E-state index contributed by atoms with van der Waals surface area (Å²) < 4.78 is 34.4. The number of halogens is 2. The molecule has 3 N–H and O–H groups in total.